The van der Waals surface area contributed by atoms with Gasteiger partial charge < -0.3 is 15.1 Å². The van der Waals surface area contributed by atoms with E-state index in [-0.39, 0.29) is 5.69 Å². The van der Waals surface area contributed by atoms with Gasteiger partial charge in [0, 0.05) is 26.2 Å². The lowest BCUT2D eigenvalue weighted by atomic mass is 10.2. The highest BCUT2D eigenvalue weighted by molar-refractivity contribution is 6.02. The number of hydrogen-bond donors (Lipinski definition) is 1. The summed E-state index contributed by atoms with van der Waals surface area (Å²) in [6.45, 7) is 6.73. The molecular weight excluding hydrogens is 328 g/mol. The molecule has 2 aromatic rings. The third-order valence-electron chi connectivity index (χ3n) is 4.22. The van der Waals surface area contributed by atoms with Gasteiger partial charge in [0.2, 0.25) is 0 Å². The van der Waals surface area contributed by atoms with Gasteiger partial charge in [0.25, 0.3) is 5.91 Å². The first kappa shape index (κ1) is 17.2. The van der Waals surface area contributed by atoms with Crippen molar-refractivity contribution in [1.29, 1.82) is 0 Å². The Bertz CT molecular complexity index is 725. The zero-order chi connectivity index (χ0) is 17.8. The second kappa shape index (κ2) is 7.52. The number of nitrogens with zero attached hydrogens (tertiary/aromatic N) is 4. The first-order valence-electron chi connectivity index (χ1n) is 8.13. The van der Waals surface area contributed by atoms with Crippen molar-refractivity contribution in [2.75, 3.05) is 42.9 Å². The number of rotatable bonds is 4. The molecule has 0 saturated carbocycles. The monoisotopic (exact) mass is 347 g/mol. The maximum absolute atomic E-state index is 13.6. The Morgan fingerprint density at radius 1 is 1.12 bits per heavy atom. The number of carbonyl (C=O) groups is 1. The predicted molar refractivity (Wildman–Crippen MR) is 90.7 cm³/mol. The van der Waals surface area contributed by atoms with Crippen molar-refractivity contribution in [3.05, 3.63) is 47.9 Å². The van der Waals surface area contributed by atoms with Crippen LogP contribution in [-0.2, 0) is 0 Å². The normalized spacial score (nSPS) is 15.2. The predicted octanol–water partition coefficient (Wildman–Crippen LogP) is 2.15. The smallest absolute Gasteiger partial charge is 0.276 e. The maximum atomic E-state index is 13.6. The summed E-state index contributed by atoms with van der Waals surface area (Å²) in [7, 11) is 0. The number of carbonyl (C=O) groups excluding carboxylic acids is 1. The standard InChI is InChI=1S/C17H19F2N5O/c1-2-23-6-8-24(9-7-23)15-11-20-14(10-21-15)17(25)22-16-12(18)4-3-5-13(16)19/h3-5,10-11H,2,6-9H2,1H3,(H,22,25). The summed E-state index contributed by atoms with van der Waals surface area (Å²) in [6.07, 6.45) is 2.82. The van der Waals surface area contributed by atoms with Crippen LogP contribution >= 0.6 is 0 Å². The molecular formula is C17H19F2N5O. The molecule has 25 heavy (non-hydrogen) atoms. The molecule has 8 heteroatoms. The SMILES string of the molecule is CCN1CCN(c2cnc(C(=O)Nc3c(F)cccc3F)cn2)CC1. The fourth-order valence-corrected chi connectivity index (χ4v) is 2.69. The van der Waals surface area contributed by atoms with E-state index in [0.717, 1.165) is 44.9 Å². The Labute approximate surface area is 144 Å². The lowest BCUT2D eigenvalue weighted by Gasteiger charge is -2.34. The molecule has 1 aliphatic heterocycles. The second-order valence-electron chi connectivity index (χ2n) is 5.73. The number of para-hydroxylation sites is 1. The summed E-state index contributed by atoms with van der Waals surface area (Å²) in [6, 6.07) is 3.38. The quantitative estimate of drug-likeness (QED) is 0.918. The van der Waals surface area contributed by atoms with Crippen LogP contribution in [0.3, 0.4) is 0 Å². The number of benzene rings is 1. The summed E-state index contributed by atoms with van der Waals surface area (Å²) in [4.78, 5) is 24.9. The summed E-state index contributed by atoms with van der Waals surface area (Å²) >= 11 is 0. The summed E-state index contributed by atoms with van der Waals surface area (Å²) in [5.74, 6) is -1.71. The first-order valence-corrected chi connectivity index (χ1v) is 8.13. The Morgan fingerprint density at radius 2 is 1.80 bits per heavy atom. The molecule has 1 aromatic heterocycles. The van der Waals surface area contributed by atoms with E-state index >= 15 is 0 Å². The molecule has 1 aromatic carbocycles. The van der Waals surface area contributed by atoms with Crippen LogP contribution in [0.4, 0.5) is 20.3 Å². The number of nitrogens with one attached hydrogen (secondary N) is 1. The minimum Gasteiger partial charge on any atom is -0.353 e. The van der Waals surface area contributed by atoms with Crippen molar-refractivity contribution in [3.8, 4) is 0 Å². The molecule has 0 atom stereocenters. The summed E-state index contributed by atoms with van der Waals surface area (Å²) < 4.78 is 27.2. The molecule has 3 rings (SSSR count). The van der Waals surface area contributed by atoms with Crippen molar-refractivity contribution < 1.29 is 13.6 Å². The molecule has 0 aliphatic carbocycles. The van der Waals surface area contributed by atoms with Gasteiger partial charge in [-0.1, -0.05) is 13.0 Å². The minimum absolute atomic E-state index is 0.00130. The van der Waals surface area contributed by atoms with Crippen molar-refractivity contribution >= 4 is 17.4 Å². The summed E-state index contributed by atoms with van der Waals surface area (Å²) in [5, 5.41) is 2.20. The minimum atomic E-state index is -0.841. The van der Waals surface area contributed by atoms with Crippen LogP contribution in [0.25, 0.3) is 0 Å². The Balaban J connectivity index is 1.67. The van der Waals surface area contributed by atoms with Crippen LogP contribution in [-0.4, -0.2) is 53.5 Å². The van der Waals surface area contributed by atoms with Gasteiger partial charge in [-0.25, -0.2) is 18.7 Å². The van der Waals surface area contributed by atoms with Crippen molar-refractivity contribution in [2.24, 2.45) is 0 Å². The van der Waals surface area contributed by atoms with Gasteiger partial charge in [0.1, 0.15) is 28.8 Å². The average molecular weight is 347 g/mol. The second-order valence-corrected chi connectivity index (χ2v) is 5.73. The molecule has 0 unspecified atom stereocenters. The molecule has 1 N–H and O–H groups in total. The summed E-state index contributed by atoms with van der Waals surface area (Å²) in [5.41, 5.74) is -0.493. The zero-order valence-electron chi connectivity index (χ0n) is 13.9. The molecule has 1 fully saturated rings. The molecule has 0 radical (unpaired) electrons. The molecule has 0 bridgehead atoms. The van der Waals surface area contributed by atoms with Crippen LogP contribution in [0.2, 0.25) is 0 Å². The third-order valence-corrected chi connectivity index (χ3v) is 4.22. The largest absolute Gasteiger partial charge is 0.353 e. The highest BCUT2D eigenvalue weighted by atomic mass is 19.1. The Morgan fingerprint density at radius 3 is 2.36 bits per heavy atom. The van der Waals surface area contributed by atoms with Gasteiger partial charge in [-0.2, -0.15) is 0 Å². The number of likely N-dealkylation sites (N-methyl/N-ethyl adjacent to an activating group) is 1. The zero-order valence-corrected chi connectivity index (χ0v) is 13.9. The highest BCUT2D eigenvalue weighted by Crippen LogP contribution is 2.19. The van der Waals surface area contributed by atoms with E-state index in [1.807, 2.05) is 0 Å². The molecule has 2 heterocycles. The molecule has 0 spiro atoms. The Hall–Kier alpha value is -2.61. The third kappa shape index (κ3) is 3.90. The lowest BCUT2D eigenvalue weighted by Crippen LogP contribution is -2.46. The van der Waals surface area contributed by atoms with Crippen LogP contribution in [0, 0.1) is 11.6 Å². The number of aromatic nitrogens is 2. The topological polar surface area (TPSA) is 61.4 Å². The van der Waals surface area contributed by atoms with E-state index in [4.69, 9.17) is 0 Å². The van der Waals surface area contributed by atoms with E-state index in [1.54, 1.807) is 0 Å². The first-order chi connectivity index (χ1) is 12.1. The van der Waals surface area contributed by atoms with E-state index < -0.39 is 23.2 Å². The number of hydrogen-bond acceptors (Lipinski definition) is 5. The molecule has 1 amide bonds. The van der Waals surface area contributed by atoms with E-state index in [9.17, 15) is 13.6 Å². The van der Waals surface area contributed by atoms with Crippen molar-refractivity contribution in [2.45, 2.75) is 6.92 Å². The van der Waals surface area contributed by atoms with Crippen LogP contribution < -0.4 is 10.2 Å². The van der Waals surface area contributed by atoms with Crippen LogP contribution in [0.1, 0.15) is 17.4 Å². The number of amides is 1. The van der Waals surface area contributed by atoms with Crippen molar-refractivity contribution in [3.63, 3.8) is 0 Å². The number of anilines is 2. The fraction of sp³-hybridized carbons (Fsp3) is 0.353. The van der Waals surface area contributed by atoms with E-state index in [0.29, 0.717) is 5.82 Å². The van der Waals surface area contributed by atoms with Crippen molar-refractivity contribution in [1.82, 2.24) is 14.9 Å². The lowest BCUT2D eigenvalue weighted by molar-refractivity contribution is 0.102. The number of piperazine rings is 1. The maximum Gasteiger partial charge on any atom is 0.276 e. The van der Waals surface area contributed by atoms with Crippen LogP contribution in [0.15, 0.2) is 30.6 Å². The molecule has 1 saturated heterocycles. The number of halogens is 2. The fourth-order valence-electron chi connectivity index (χ4n) is 2.69. The van der Waals surface area contributed by atoms with Gasteiger partial charge in [-0.15, -0.1) is 0 Å². The molecule has 132 valence electrons. The average Bonchev–Trinajstić information content (AvgIpc) is 2.65. The van der Waals surface area contributed by atoms with Gasteiger partial charge in [-0.3, -0.25) is 4.79 Å². The highest BCUT2D eigenvalue weighted by Gasteiger charge is 2.18. The van der Waals surface area contributed by atoms with Gasteiger partial charge in [0.15, 0.2) is 0 Å². The van der Waals surface area contributed by atoms with E-state index in [1.165, 1.54) is 18.5 Å². The van der Waals surface area contributed by atoms with Crippen LogP contribution in [0.5, 0.6) is 0 Å². The molecule has 6 nitrogen and oxygen atoms in total. The van der Waals surface area contributed by atoms with Gasteiger partial charge >= 0.3 is 0 Å². The van der Waals surface area contributed by atoms with Gasteiger partial charge in [-0.05, 0) is 18.7 Å². The van der Waals surface area contributed by atoms with Gasteiger partial charge in [0.05, 0.1) is 12.4 Å². The Kier molecular flexibility index (Phi) is 5.18. The van der Waals surface area contributed by atoms with E-state index in [2.05, 4.69) is 32.0 Å². The molecule has 1 aliphatic rings.